The number of halogens is 1. The van der Waals surface area contributed by atoms with Gasteiger partial charge >= 0.3 is 0 Å². The highest BCUT2D eigenvalue weighted by molar-refractivity contribution is 7.99. The fraction of sp³-hybridized carbons (Fsp3) is 0.440. The van der Waals surface area contributed by atoms with Crippen molar-refractivity contribution in [2.24, 2.45) is 0 Å². The van der Waals surface area contributed by atoms with Crippen LogP contribution in [0.5, 0.6) is 0 Å². The van der Waals surface area contributed by atoms with E-state index in [-0.39, 0.29) is 11.8 Å². The number of carbonyl (C=O) groups is 2. The fourth-order valence-corrected chi connectivity index (χ4v) is 4.54. The lowest BCUT2D eigenvalue weighted by Crippen LogP contribution is -2.49. The monoisotopic (exact) mass is 460 g/mol. The Bertz CT molecular complexity index is 859. The fourth-order valence-electron chi connectivity index (χ4n) is 3.34. The van der Waals surface area contributed by atoms with Gasteiger partial charge in [-0.25, -0.2) is 0 Å². The largest absolute Gasteiger partial charge is 0.354 e. The Balaban J connectivity index is 2.13. The van der Waals surface area contributed by atoms with Crippen LogP contribution in [-0.2, 0) is 21.9 Å². The van der Waals surface area contributed by atoms with Crippen molar-refractivity contribution in [1.82, 2.24) is 10.2 Å². The second-order valence-electron chi connectivity index (χ2n) is 7.60. The van der Waals surface area contributed by atoms with Crippen LogP contribution in [0.25, 0.3) is 0 Å². The van der Waals surface area contributed by atoms with Gasteiger partial charge < -0.3 is 10.2 Å². The molecule has 0 saturated carbocycles. The predicted octanol–water partition coefficient (Wildman–Crippen LogP) is 5.61. The molecule has 4 nitrogen and oxygen atoms in total. The summed E-state index contributed by atoms with van der Waals surface area (Å²) < 4.78 is 0. The smallest absolute Gasteiger partial charge is 0.242 e. The highest BCUT2D eigenvalue weighted by Crippen LogP contribution is 2.22. The molecule has 1 N–H and O–H groups in total. The van der Waals surface area contributed by atoms with Gasteiger partial charge in [-0.1, -0.05) is 74.3 Å². The van der Waals surface area contributed by atoms with Crippen molar-refractivity contribution in [3.05, 3.63) is 70.2 Å². The molecule has 1 atom stereocenters. The maximum atomic E-state index is 13.3. The van der Waals surface area contributed by atoms with E-state index in [0.29, 0.717) is 36.0 Å². The number of hydrogen-bond donors (Lipinski definition) is 1. The first-order valence-corrected chi connectivity index (χ1v) is 12.4. The summed E-state index contributed by atoms with van der Waals surface area (Å²) >= 11 is 7.77. The van der Waals surface area contributed by atoms with Crippen molar-refractivity contribution >= 4 is 35.2 Å². The van der Waals surface area contributed by atoms with E-state index >= 15 is 0 Å². The molecule has 6 heteroatoms. The standard InChI is InChI=1S/C25H33ClN2O2S/c1-4-6-15-27-25(30)23(5-2)28(16-20-12-8-7-11-19(20)3)24(29)18-31-17-21-13-9-10-14-22(21)26/h7-14,23H,4-6,15-18H2,1-3H3,(H,27,30)/t23-/m0/s1. The van der Waals surface area contributed by atoms with Crippen molar-refractivity contribution in [1.29, 1.82) is 0 Å². The molecule has 0 unspecified atom stereocenters. The number of carbonyl (C=O) groups excluding carboxylic acids is 2. The number of unbranched alkanes of at least 4 members (excludes halogenated alkanes) is 1. The minimum atomic E-state index is -0.482. The van der Waals surface area contributed by atoms with Crippen LogP contribution in [0.3, 0.4) is 0 Å². The highest BCUT2D eigenvalue weighted by Gasteiger charge is 2.28. The molecule has 0 spiro atoms. The van der Waals surface area contributed by atoms with Crippen molar-refractivity contribution < 1.29 is 9.59 Å². The Morgan fingerprint density at radius 2 is 1.74 bits per heavy atom. The lowest BCUT2D eigenvalue weighted by molar-refractivity contribution is -0.139. The zero-order valence-corrected chi connectivity index (χ0v) is 20.3. The van der Waals surface area contributed by atoms with Crippen LogP contribution in [0.15, 0.2) is 48.5 Å². The quantitative estimate of drug-likeness (QED) is 0.419. The maximum Gasteiger partial charge on any atom is 0.242 e. The van der Waals surface area contributed by atoms with Crippen LogP contribution in [0.4, 0.5) is 0 Å². The van der Waals surface area contributed by atoms with E-state index in [2.05, 4.69) is 12.2 Å². The summed E-state index contributed by atoms with van der Waals surface area (Å²) in [5, 5.41) is 3.71. The summed E-state index contributed by atoms with van der Waals surface area (Å²) in [4.78, 5) is 27.9. The molecule has 0 aliphatic carbocycles. The number of nitrogens with zero attached hydrogens (tertiary/aromatic N) is 1. The van der Waals surface area contributed by atoms with Crippen LogP contribution in [0.1, 0.15) is 49.8 Å². The normalized spacial score (nSPS) is 11.7. The third-order valence-electron chi connectivity index (χ3n) is 5.26. The number of benzene rings is 2. The van der Waals surface area contributed by atoms with E-state index < -0.39 is 6.04 Å². The van der Waals surface area contributed by atoms with E-state index in [1.54, 1.807) is 4.90 Å². The van der Waals surface area contributed by atoms with E-state index in [0.717, 1.165) is 29.5 Å². The Labute approximate surface area is 195 Å². The van der Waals surface area contributed by atoms with Gasteiger partial charge in [0.1, 0.15) is 6.04 Å². The molecular formula is C25H33ClN2O2S. The first-order valence-electron chi connectivity index (χ1n) is 10.9. The molecule has 0 aromatic heterocycles. The Morgan fingerprint density at radius 1 is 1.06 bits per heavy atom. The summed E-state index contributed by atoms with van der Waals surface area (Å²) in [6, 6.07) is 15.2. The number of rotatable bonds is 12. The van der Waals surface area contributed by atoms with E-state index in [4.69, 9.17) is 11.6 Å². The summed E-state index contributed by atoms with van der Waals surface area (Å²) in [7, 11) is 0. The van der Waals surface area contributed by atoms with Crippen molar-refractivity contribution in [3.63, 3.8) is 0 Å². The molecule has 2 amide bonds. The zero-order chi connectivity index (χ0) is 22.6. The highest BCUT2D eigenvalue weighted by atomic mass is 35.5. The maximum absolute atomic E-state index is 13.3. The average molecular weight is 461 g/mol. The number of thioether (sulfide) groups is 1. The van der Waals surface area contributed by atoms with Gasteiger partial charge in [0.2, 0.25) is 11.8 Å². The van der Waals surface area contributed by atoms with Crippen LogP contribution < -0.4 is 5.32 Å². The second kappa shape index (κ2) is 13.4. The van der Waals surface area contributed by atoms with Crippen molar-refractivity contribution in [2.75, 3.05) is 12.3 Å². The SMILES string of the molecule is CCCCNC(=O)[C@H](CC)N(Cc1ccccc1C)C(=O)CSCc1ccccc1Cl. The van der Waals surface area contributed by atoms with Gasteiger partial charge in [-0.3, -0.25) is 9.59 Å². The topological polar surface area (TPSA) is 49.4 Å². The summed E-state index contributed by atoms with van der Waals surface area (Å²) in [5.41, 5.74) is 3.19. The molecule has 31 heavy (non-hydrogen) atoms. The Hall–Kier alpha value is -1.98. The van der Waals surface area contributed by atoms with Crippen LogP contribution in [0, 0.1) is 6.92 Å². The zero-order valence-electron chi connectivity index (χ0n) is 18.7. The molecule has 0 aliphatic rings. The van der Waals surface area contributed by atoms with Gasteiger partial charge in [0.15, 0.2) is 0 Å². The first-order chi connectivity index (χ1) is 15.0. The minimum absolute atomic E-state index is 0.0298. The molecule has 0 saturated heterocycles. The third-order valence-corrected chi connectivity index (χ3v) is 6.59. The molecule has 0 aliphatic heterocycles. The summed E-state index contributed by atoms with van der Waals surface area (Å²) in [6.45, 7) is 7.15. The molecule has 0 radical (unpaired) electrons. The molecule has 0 fully saturated rings. The molecule has 2 aromatic carbocycles. The summed E-state index contributed by atoms with van der Waals surface area (Å²) in [5.74, 6) is 0.852. The molecule has 0 bridgehead atoms. The Kier molecular flexibility index (Phi) is 11.0. The third kappa shape index (κ3) is 7.89. The second-order valence-corrected chi connectivity index (χ2v) is 8.99. The number of hydrogen-bond acceptors (Lipinski definition) is 3. The lowest BCUT2D eigenvalue weighted by atomic mass is 10.1. The Morgan fingerprint density at radius 3 is 2.39 bits per heavy atom. The van der Waals surface area contributed by atoms with E-state index in [1.165, 1.54) is 11.8 Å². The summed E-state index contributed by atoms with van der Waals surface area (Å²) in [6.07, 6.45) is 2.52. The van der Waals surface area contributed by atoms with Gasteiger partial charge in [-0.2, -0.15) is 0 Å². The average Bonchev–Trinajstić information content (AvgIpc) is 2.76. The van der Waals surface area contributed by atoms with Gasteiger partial charge in [-0.15, -0.1) is 11.8 Å². The number of aryl methyl sites for hydroxylation is 1. The molecular weight excluding hydrogens is 428 g/mol. The van der Waals surface area contributed by atoms with Crippen LogP contribution >= 0.6 is 23.4 Å². The first kappa shape index (κ1) is 25.3. The molecule has 2 rings (SSSR count). The van der Waals surface area contributed by atoms with Gasteiger partial charge in [0.05, 0.1) is 5.75 Å². The lowest BCUT2D eigenvalue weighted by Gasteiger charge is -2.31. The van der Waals surface area contributed by atoms with Crippen molar-refractivity contribution in [3.8, 4) is 0 Å². The van der Waals surface area contributed by atoms with E-state index in [9.17, 15) is 9.59 Å². The minimum Gasteiger partial charge on any atom is -0.354 e. The molecule has 0 heterocycles. The van der Waals surface area contributed by atoms with Gasteiger partial charge in [-0.05, 0) is 42.5 Å². The number of amides is 2. The van der Waals surface area contributed by atoms with Gasteiger partial charge in [0, 0.05) is 23.9 Å². The predicted molar refractivity (Wildman–Crippen MR) is 131 cm³/mol. The molecule has 2 aromatic rings. The number of nitrogens with one attached hydrogen (secondary N) is 1. The van der Waals surface area contributed by atoms with Crippen molar-refractivity contribution in [2.45, 2.75) is 58.4 Å². The molecule has 168 valence electrons. The van der Waals surface area contributed by atoms with E-state index in [1.807, 2.05) is 62.4 Å². The van der Waals surface area contributed by atoms with Gasteiger partial charge in [0.25, 0.3) is 0 Å². The van der Waals surface area contributed by atoms with Crippen LogP contribution in [0.2, 0.25) is 5.02 Å². The van der Waals surface area contributed by atoms with Crippen LogP contribution in [-0.4, -0.2) is 35.1 Å².